The summed E-state index contributed by atoms with van der Waals surface area (Å²) in [4.78, 5) is 4.78. The summed E-state index contributed by atoms with van der Waals surface area (Å²) in [6, 6.07) is 8.19. The van der Waals surface area contributed by atoms with E-state index >= 15 is 0 Å². The molecule has 154 valence electrons. The van der Waals surface area contributed by atoms with E-state index in [1.807, 2.05) is 28.9 Å². The zero-order valence-corrected chi connectivity index (χ0v) is 17.7. The van der Waals surface area contributed by atoms with Crippen molar-refractivity contribution < 1.29 is 5.11 Å². The number of aromatic nitrogens is 3. The maximum Gasteiger partial charge on any atom is 0.0910 e. The second-order valence-corrected chi connectivity index (χ2v) is 9.38. The van der Waals surface area contributed by atoms with Gasteiger partial charge in [-0.2, -0.15) is 5.10 Å². The Morgan fingerprint density at radius 1 is 1.10 bits per heavy atom. The quantitative estimate of drug-likeness (QED) is 0.621. The minimum Gasteiger partial charge on any atom is -0.390 e. The minimum atomic E-state index is -0.429. The molecule has 0 spiro atoms. The van der Waals surface area contributed by atoms with Gasteiger partial charge in [-0.05, 0) is 74.3 Å². The highest BCUT2D eigenvalue weighted by Crippen LogP contribution is 2.49. The first-order chi connectivity index (χ1) is 14.4. The van der Waals surface area contributed by atoms with Crippen LogP contribution >= 0.6 is 0 Å². The Balaban J connectivity index is 1.54. The van der Waals surface area contributed by atoms with Gasteiger partial charge in [-0.15, -0.1) is 6.42 Å². The van der Waals surface area contributed by atoms with Gasteiger partial charge >= 0.3 is 0 Å². The Bertz CT molecular complexity index is 1130. The van der Waals surface area contributed by atoms with Crippen molar-refractivity contribution in [3.05, 3.63) is 47.8 Å². The minimum absolute atomic E-state index is 0.0773. The molecule has 0 aromatic carbocycles. The third-order valence-corrected chi connectivity index (χ3v) is 7.09. The maximum atomic E-state index is 10.6. The van der Waals surface area contributed by atoms with Crippen LogP contribution in [0.2, 0.25) is 0 Å². The molecule has 2 N–H and O–H groups in total. The van der Waals surface area contributed by atoms with E-state index in [-0.39, 0.29) is 5.54 Å². The molecule has 3 saturated carbocycles. The number of aliphatic hydroxyl groups is 1. The molecule has 3 aliphatic carbocycles. The smallest absolute Gasteiger partial charge is 0.0910 e. The van der Waals surface area contributed by atoms with Crippen molar-refractivity contribution in [1.82, 2.24) is 14.6 Å². The van der Waals surface area contributed by atoms with Crippen LogP contribution < -0.4 is 5.32 Å². The van der Waals surface area contributed by atoms with Crippen molar-refractivity contribution in [1.29, 1.82) is 0 Å². The van der Waals surface area contributed by atoms with Gasteiger partial charge in [0.1, 0.15) is 0 Å². The molecule has 0 radical (unpaired) electrons. The van der Waals surface area contributed by atoms with Gasteiger partial charge < -0.3 is 10.4 Å². The topological polar surface area (TPSA) is 62.5 Å². The summed E-state index contributed by atoms with van der Waals surface area (Å²) < 4.78 is 1.89. The van der Waals surface area contributed by atoms with Gasteiger partial charge in [-0.1, -0.05) is 19.8 Å². The Labute approximate surface area is 177 Å². The molecular weight excluding hydrogens is 372 g/mol. The predicted molar refractivity (Wildman–Crippen MR) is 119 cm³/mol. The van der Waals surface area contributed by atoms with Gasteiger partial charge in [0.05, 0.1) is 28.7 Å². The molecule has 3 fully saturated rings. The molecule has 3 aromatic rings. The number of hydrogen-bond donors (Lipinski definition) is 2. The van der Waals surface area contributed by atoms with Gasteiger partial charge in [-0.25, -0.2) is 4.52 Å². The van der Waals surface area contributed by atoms with Gasteiger partial charge in [0, 0.05) is 23.0 Å². The van der Waals surface area contributed by atoms with Crippen molar-refractivity contribution in [2.24, 2.45) is 0 Å². The molecule has 0 atom stereocenters. The molecule has 3 heterocycles. The second kappa shape index (κ2) is 6.85. The number of terminal acetylenes is 1. The van der Waals surface area contributed by atoms with E-state index < -0.39 is 5.60 Å². The highest BCUT2D eigenvalue weighted by molar-refractivity contribution is 5.69. The number of rotatable bonds is 4. The zero-order chi connectivity index (χ0) is 20.9. The first-order valence-electron chi connectivity index (χ1n) is 10.9. The fraction of sp³-hybridized carbons (Fsp3) is 0.440. The lowest BCUT2D eigenvalue weighted by Crippen LogP contribution is -2.53. The Morgan fingerprint density at radius 3 is 2.50 bits per heavy atom. The van der Waals surface area contributed by atoms with E-state index in [0.717, 1.165) is 66.7 Å². The normalized spacial score (nSPS) is 25.6. The standard InChI is InChI=1S/C25H28N4O/c1-4-18-13-19-5-6-23(29(19)27-15-18)22-14-21(20(16-26-22)17(2)3)28-24-7-10-25(30,11-8-24)12-9-24/h1,5-6,13-17,30H,7-12H2,2-3H3,(H,26,28). The average Bonchev–Trinajstić information content (AvgIpc) is 3.18. The summed E-state index contributed by atoms with van der Waals surface area (Å²) in [5.41, 5.74) is 5.59. The fourth-order valence-corrected chi connectivity index (χ4v) is 5.09. The number of nitrogens with one attached hydrogen (secondary N) is 1. The fourth-order valence-electron chi connectivity index (χ4n) is 5.09. The first-order valence-corrected chi connectivity index (χ1v) is 10.9. The zero-order valence-electron chi connectivity index (χ0n) is 17.7. The van der Waals surface area contributed by atoms with Crippen LogP contribution in [0, 0.1) is 12.3 Å². The number of nitrogens with zero attached hydrogens (tertiary/aromatic N) is 3. The van der Waals surface area contributed by atoms with Crippen molar-refractivity contribution >= 4 is 11.2 Å². The molecule has 30 heavy (non-hydrogen) atoms. The molecule has 0 aliphatic heterocycles. The van der Waals surface area contributed by atoms with E-state index in [9.17, 15) is 5.11 Å². The molecule has 2 bridgehead atoms. The molecule has 0 amide bonds. The van der Waals surface area contributed by atoms with Crippen molar-refractivity contribution in [2.45, 2.75) is 69.4 Å². The molecule has 3 aromatic heterocycles. The lowest BCUT2D eigenvalue weighted by atomic mass is 9.63. The molecule has 0 unspecified atom stereocenters. The van der Waals surface area contributed by atoms with Crippen LogP contribution in [0.3, 0.4) is 0 Å². The number of anilines is 1. The summed E-state index contributed by atoms with van der Waals surface area (Å²) in [7, 11) is 0. The van der Waals surface area contributed by atoms with Gasteiger partial charge in [0.2, 0.25) is 0 Å². The molecule has 3 aliphatic rings. The SMILES string of the molecule is C#Cc1cnn2c(-c3cc(NC45CCC(O)(CC4)CC5)c(C(C)C)cn3)ccc2c1. The van der Waals surface area contributed by atoms with Gasteiger partial charge in [0.25, 0.3) is 0 Å². The summed E-state index contributed by atoms with van der Waals surface area (Å²) in [6.07, 6.45) is 14.9. The summed E-state index contributed by atoms with van der Waals surface area (Å²) in [6.45, 7) is 4.41. The summed E-state index contributed by atoms with van der Waals surface area (Å²) in [5, 5.41) is 19.0. The first kappa shape index (κ1) is 19.1. The molecule has 6 rings (SSSR count). The largest absolute Gasteiger partial charge is 0.390 e. The molecule has 5 heteroatoms. The predicted octanol–water partition coefficient (Wildman–Crippen LogP) is 4.75. The number of hydrogen-bond acceptors (Lipinski definition) is 4. The lowest BCUT2D eigenvalue weighted by molar-refractivity contribution is -0.0580. The van der Waals surface area contributed by atoms with E-state index in [0.29, 0.717) is 5.92 Å². The Kier molecular flexibility index (Phi) is 4.37. The second-order valence-electron chi connectivity index (χ2n) is 9.38. The van der Waals surface area contributed by atoms with Crippen molar-refractivity contribution in [2.75, 3.05) is 5.32 Å². The van der Waals surface area contributed by atoms with E-state index in [1.54, 1.807) is 6.20 Å². The van der Waals surface area contributed by atoms with Crippen LogP contribution in [0.25, 0.3) is 16.9 Å². The Morgan fingerprint density at radius 2 is 1.83 bits per heavy atom. The number of pyridine rings is 1. The Hall–Kier alpha value is -2.84. The number of fused-ring (bicyclic) bond motifs is 4. The maximum absolute atomic E-state index is 10.6. The van der Waals surface area contributed by atoms with Crippen LogP contribution in [0.5, 0.6) is 0 Å². The monoisotopic (exact) mass is 400 g/mol. The van der Waals surface area contributed by atoms with E-state index in [4.69, 9.17) is 11.4 Å². The van der Waals surface area contributed by atoms with E-state index in [1.165, 1.54) is 5.56 Å². The van der Waals surface area contributed by atoms with Crippen LogP contribution in [-0.2, 0) is 0 Å². The summed E-state index contributed by atoms with van der Waals surface area (Å²) in [5.74, 6) is 3.01. The highest BCUT2D eigenvalue weighted by atomic mass is 16.3. The van der Waals surface area contributed by atoms with Crippen molar-refractivity contribution in [3.63, 3.8) is 0 Å². The van der Waals surface area contributed by atoms with Crippen LogP contribution in [-0.4, -0.2) is 30.8 Å². The van der Waals surface area contributed by atoms with Crippen LogP contribution in [0.15, 0.2) is 36.7 Å². The molecule has 5 nitrogen and oxygen atoms in total. The molecular formula is C25H28N4O. The third-order valence-electron chi connectivity index (χ3n) is 7.09. The average molecular weight is 401 g/mol. The van der Waals surface area contributed by atoms with Crippen molar-refractivity contribution in [3.8, 4) is 23.7 Å². The highest BCUT2D eigenvalue weighted by Gasteiger charge is 2.47. The van der Waals surface area contributed by atoms with Crippen LogP contribution in [0.4, 0.5) is 5.69 Å². The lowest BCUT2D eigenvalue weighted by Gasteiger charge is -2.52. The van der Waals surface area contributed by atoms with E-state index in [2.05, 4.69) is 36.2 Å². The van der Waals surface area contributed by atoms with Gasteiger partial charge in [-0.3, -0.25) is 4.98 Å². The van der Waals surface area contributed by atoms with Crippen LogP contribution in [0.1, 0.15) is 69.4 Å². The summed E-state index contributed by atoms with van der Waals surface area (Å²) >= 11 is 0. The molecule has 0 saturated heterocycles. The third kappa shape index (κ3) is 3.16. The van der Waals surface area contributed by atoms with Gasteiger partial charge in [0.15, 0.2) is 0 Å².